The van der Waals surface area contributed by atoms with Crippen LogP contribution in [0.2, 0.25) is 0 Å². The first-order valence-electron chi connectivity index (χ1n) is 9.20. The number of imidazole rings is 1. The number of fused-ring (bicyclic) bond motifs is 1. The Bertz CT molecular complexity index is 1000. The van der Waals surface area contributed by atoms with E-state index in [1.807, 2.05) is 36.6 Å². The summed E-state index contributed by atoms with van der Waals surface area (Å²) in [6.45, 7) is 4.92. The van der Waals surface area contributed by atoms with Crippen molar-refractivity contribution in [2.75, 3.05) is 18.4 Å². The number of anilines is 1. The highest BCUT2D eigenvalue weighted by molar-refractivity contribution is 5.78. The number of amides is 1. The van der Waals surface area contributed by atoms with Crippen molar-refractivity contribution in [3.05, 3.63) is 36.9 Å². The minimum absolute atomic E-state index is 0.0197. The first-order chi connectivity index (χ1) is 13.5. The predicted molar refractivity (Wildman–Crippen MR) is 104 cm³/mol. The fraction of sp³-hybridized carbons (Fsp3) is 0.368. The Hall–Kier alpha value is -3.36. The summed E-state index contributed by atoms with van der Waals surface area (Å²) in [6, 6.07) is 5.77. The maximum Gasteiger partial charge on any atom is 0.407 e. The Labute approximate surface area is 162 Å². The number of carbonyl (C=O) groups is 1. The number of nitrogens with one attached hydrogen (secondary N) is 1. The van der Waals surface area contributed by atoms with Gasteiger partial charge >= 0.3 is 6.09 Å². The second kappa shape index (κ2) is 7.34. The van der Waals surface area contributed by atoms with Crippen LogP contribution in [-0.4, -0.2) is 60.9 Å². The zero-order valence-corrected chi connectivity index (χ0v) is 15.7. The molecule has 1 amide bonds. The molecule has 3 aromatic rings. The molecule has 28 heavy (non-hydrogen) atoms. The molecular formula is C19H22N6O3. The fourth-order valence-corrected chi connectivity index (χ4v) is 3.32. The Kier molecular flexibility index (Phi) is 4.72. The Balaban J connectivity index is 1.58. The molecule has 4 rings (SSSR count). The van der Waals surface area contributed by atoms with Gasteiger partial charge in [0.05, 0.1) is 29.5 Å². The van der Waals surface area contributed by atoms with Crippen LogP contribution in [-0.2, 0) is 0 Å². The summed E-state index contributed by atoms with van der Waals surface area (Å²) in [5, 5.41) is 12.4. The SMILES string of the molecule is CC(C)Oc1ccc2ncn(-c3cncc(N[C@@H]4CCN(C(=O)O)C4)n3)c2c1. The largest absolute Gasteiger partial charge is 0.491 e. The van der Waals surface area contributed by atoms with Gasteiger partial charge in [-0.2, -0.15) is 0 Å². The Morgan fingerprint density at radius 3 is 2.96 bits per heavy atom. The van der Waals surface area contributed by atoms with Crippen LogP contribution in [0, 0.1) is 0 Å². The normalized spacial score (nSPS) is 16.7. The topological polar surface area (TPSA) is 105 Å². The predicted octanol–water partition coefficient (Wildman–Crippen LogP) is 2.77. The third kappa shape index (κ3) is 3.68. The monoisotopic (exact) mass is 382 g/mol. The molecule has 0 aliphatic carbocycles. The van der Waals surface area contributed by atoms with Gasteiger partial charge in [0.15, 0.2) is 5.82 Å². The number of rotatable bonds is 5. The van der Waals surface area contributed by atoms with Crippen LogP contribution in [0.15, 0.2) is 36.9 Å². The molecule has 1 aliphatic heterocycles. The van der Waals surface area contributed by atoms with Gasteiger partial charge in [-0.15, -0.1) is 0 Å². The molecule has 1 saturated heterocycles. The number of benzene rings is 1. The lowest BCUT2D eigenvalue weighted by Crippen LogP contribution is -2.30. The zero-order chi connectivity index (χ0) is 19.7. The molecule has 2 N–H and O–H groups in total. The number of ether oxygens (including phenoxy) is 1. The molecule has 1 fully saturated rings. The molecule has 1 aliphatic rings. The van der Waals surface area contributed by atoms with Gasteiger partial charge in [-0.3, -0.25) is 9.55 Å². The molecular weight excluding hydrogens is 360 g/mol. The van der Waals surface area contributed by atoms with E-state index in [9.17, 15) is 4.79 Å². The van der Waals surface area contributed by atoms with Gasteiger partial charge in [0.1, 0.15) is 17.9 Å². The number of carboxylic acid groups (broad SMARTS) is 1. The number of aromatic nitrogens is 4. The molecule has 0 unspecified atom stereocenters. The highest BCUT2D eigenvalue weighted by Gasteiger charge is 2.26. The summed E-state index contributed by atoms with van der Waals surface area (Å²) in [5.41, 5.74) is 1.71. The van der Waals surface area contributed by atoms with E-state index < -0.39 is 6.09 Å². The zero-order valence-electron chi connectivity index (χ0n) is 15.7. The van der Waals surface area contributed by atoms with Gasteiger partial charge in [0.25, 0.3) is 0 Å². The first kappa shape index (κ1) is 18.0. The molecule has 9 nitrogen and oxygen atoms in total. The molecule has 0 saturated carbocycles. The standard InChI is InChI=1S/C19H22N6O3/c1-12(2)28-14-3-4-15-16(7-14)25(11-21-15)18-9-20-8-17(23-18)22-13-5-6-24(10-13)19(26)27/h3-4,7-9,11-13H,5-6,10H2,1-2H3,(H,22,23)(H,26,27)/t13-/m1/s1. The number of likely N-dealkylation sites (tertiary alicyclic amines) is 1. The number of nitrogens with zero attached hydrogens (tertiary/aromatic N) is 5. The van der Waals surface area contributed by atoms with Crippen LogP contribution in [0.1, 0.15) is 20.3 Å². The van der Waals surface area contributed by atoms with Crippen LogP contribution in [0.4, 0.5) is 10.6 Å². The van der Waals surface area contributed by atoms with E-state index >= 15 is 0 Å². The lowest BCUT2D eigenvalue weighted by molar-refractivity contribution is 0.155. The lowest BCUT2D eigenvalue weighted by Gasteiger charge is -2.15. The molecule has 1 atom stereocenters. The van der Waals surface area contributed by atoms with Crippen molar-refractivity contribution in [2.24, 2.45) is 0 Å². The van der Waals surface area contributed by atoms with E-state index in [1.165, 1.54) is 4.90 Å². The minimum atomic E-state index is -0.895. The van der Waals surface area contributed by atoms with Gasteiger partial charge in [0.2, 0.25) is 0 Å². The van der Waals surface area contributed by atoms with E-state index in [-0.39, 0.29) is 12.1 Å². The molecule has 0 spiro atoms. The number of hydrogen-bond acceptors (Lipinski definition) is 6. The van der Waals surface area contributed by atoms with Crippen molar-refractivity contribution in [3.63, 3.8) is 0 Å². The fourth-order valence-electron chi connectivity index (χ4n) is 3.32. The van der Waals surface area contributed by atoms with E-state index in [0.29, 0.717) is 24.7 Å². The van der Waals surface area contributed by atoms with Crippen molar-refractivity contribution in [2.45, 2.75) is 32.4 Å². The summed E-state index contributed by atoms with van der Waals surface area (Å²) >= 11 is 0. The third-order valence-corrected chi connectivity index (χ3v) is 4.57. The highest BCUT2D eigenvalue weighted by atomic mass is 16.5. The van der Waals surface area contributed by atoms with Gasteiger partial charge in [-0.05, 0) is 32.4 Å². The van der Waals surface area contributed by atoms with Crippen molar-refractivity contribution >= 4 is 22.9 Å². The Morgan fingerprint density at radius 1 is 1.36 bits per heavy atom. The summed E-state index contributed by atoms with van der Waals surface area (Å²) in [6.07, 6.45) is 4.94. The van der Waals surface area contributed by atoms with E-state index in [1.54, 1.807) is 18.7 Å². The van der Waals surface area contributed by atoms with Crippen LogP contribution in [0.25, 0.3) is 16.9 Å². The van der Waals surface area contributed by atoms with E-state index in [2.05, 4.69) is 20.3 Å². The van der Waals surface area contributed by atoms with Crippen LogP contribution >= 0.6 is 0 Å². The van der Waals surface area contributed by atoms with Gasteiger partial charge in [-0.1, -0.05) is 0 Å². The molecule has 0 radical (unpaired) electrons. The van der Waals surface area contributed by atoms with Gasteiger partial charge in [-0.25, -0.2) is 14.8 Å². The van der Waals surface area contributed by atoms with Crippen LogP contribution in [0.3, 0.4) is 0 Å². The van der Waals surface area contributed by atoms with E-state index in [0.717, 1.165) is 23.2 Å². The molecule has 9 heteroatoms. The number of hydrogen-bond donors (Lipinski definition) is 2. The molecule has 146 valence electrons. The average molecular weight is 382 g/mol. The van der Waals surface area contributed by atoms with E-state index in [4.69, 9.17) is 9.84 Å². The maximum atomic E-state index is 11.1. The lowest BCUT2D eigenvalue weighted by atomic mass is 10.2. The Morgan fingerprint density at radius 2 is 2.21 bits per heavy atom. The smallest absolute Gasteiger partial charge is 0.407 e. The van der Waals surface area contributed by atoms with Crippen molar-refractivity contribution in [3.8, 4) is 11.6 Å². The first-order valence-corrected chi connectivity index (χ1v) is 9.20. The minimum Gasteiger partial charge on any atom is -0.491 e. The van der Waals surface area contributed by atoms with Crippen molar-refractivity contribution < 1.29 is 14.6 Å². The summed E-state index contributed by atoms with van der Waals surface area (Å²) < 4.78 is 7.64. The maximum absolute atomic E-state index is 11.1. The third-order valence-electron chi connectivity index (χ3n) is 4.57. The quantitative estimate of drug-likeness (QED) is 0.699. The van der Waals surface area contributed by atoms with Crippen LogP contribution < -0.4 is 10.1 Å². The van der Waals surface area contributed by atoms with Crippen LogP contribution in [0.5, 0.6) is 5.75 Å². The molecule has 1 aromatic carbocycles. The summed E-state index contributed by atoms with van der Waals surface area (Å²) in [4.78, 5) is 25.8. The van der Waals surface area contributed by atoms with Gasteiger partial charge in [0, 0.05) is 25.2 Å². The molecule has 3 heterocycles. The second-order valence-electron chi connectivity index (χ2n) is 7.05. The molecule has 0 bridgehead atoms. The van der Waals surface area contributed by atoms with Crippen molar-refractivity contribution in [1.82, 2.24) is 24.4 Å². The average Bonchev–Trinajstić information content (AvgIpc) is 3.28. The summed E-state index contributed by atoms with van der Waals surface area (Å²) in [5.74, 6) is 2.00. The van der Waals surface area contributed by atoms with Crippen molar-refractivity contribution in [1.29, 1.82) is 0 Å². The second-order valence-corrected chi connectivity index (χ2v) is 7.05. The highest BCUT2D eigenvalue weighted by Crippen LogP contribution is 2.23. The summed E-state index contributed by atoms with van der Waals surface area (Å²) in [7, 11) is 0. The van der Waals surface area contributed by atoms with Gasteiger partial charge < -0.3 is 20.1 Å². The molecule has 2 aromatic heterocycles.